The normalized spacial score (nSPS) is 14.6. The molecule has 0 aromatic rings. The number of primary amides is 1. The summed E-state index contributed by atoms with van der Waals surface area (Å²) in [5.41, 5.74) is 5.24. The maximum absolute atomic E-state index is 11.3. The van der Waals surface area contributed by atoms with Crippen molar-refractivity contribution in [3.63, 3.8) is 0 Å². The van der Waals surface area contributed by atoms with Crippen molar-refractivity contribution in [2.45, 2.75) is 33.7 Å². The summed E-state index contributed by atoms with van der Waals surface area (Å²) in [4.78, 5) is 22.4. The summed E-state index contributed by atoms with van der Waals surface area (Å²) >= 11 is 0. The third-order valence-corrected chi connectivity index (χ3v) is 2.31. The number of nitrogens with one attached hydrogen (secondary N) is 1. The molecule has 16 heavy (non-hydrogen) atoms. The summed E-state index contributed by atoms with van der Waals surface area (Å²) in [6.07, 6.45) is 0. The zero-order valence-corrected chi connectivity index (χ0v) is 10.4. The number of amides is 1. The van der Waals surface area contributed by atoms with E-state index in [2.05, 4.69) is 5.32 Å². The van der Waals surface area contributed by atoms with Crippen molar-refractivity contribution in [2.75, 3.05) is 13.2 Å². The molecule has 0 bridgehead atoms. The third kappa shape index (κ3) is 5.11. The Morgan fingerprint density at radius 2 is 1.88 bits per heavy atom. The van der Waals surface area contributed by atoms with Crippen LogP contribution in [0.3, 0.4) is 0 Å². The number of ether oxygens (including phenoxy) is 1. The van der Waals surface area contributed by atoms with Crippen LogP contribution in [0.15, 0.2) is 0 Å². The van der Waals surface area contributed by atoms with Crippen molar-refractivity contribution in [3.8, 4) is 0 Å². The molecule has 5 heteroatoms. The van der Waals surface area contributed by atoms with Gasteiger partial charge in [0.1, 0.15) is 0 Å². The molecular weight excluding hydrogens is 208 g/mol. The van der Waals surface area contributed by atoms with Gasteiger partial charge >= 0.3 is 5.97 Å². The largest absolute Gasteiger partial charge is 0.466 e. The first-order valence-electron chi connectivity index (χ1n) is 5.59. The fourth-order valence-corrected chi connectivity index (χ4v) is 1.34. The van der Waals surface area contributed by atoms with Crippen molar-refractivity contribution < 1.29 is 14.3 Å². The number of carbonyl (C=O) groups excluding carboxylic acids is 2. The first kappa shape index (κ1) is 14.9. The van der Waals surface area contributed by atoms with Crippen molar-refractivity contribution in [3.05, 3.63) is 0 Å². The summed E-state index contributed by atoms with van der Waals surface area (Å²) in [7, 11) is 0. The molecule has 0 aliphatic carbocycles. The molecule has 0 aromatic carbocycles. The van der Waals surface area contributed by atoms with Gasteiger partial charge in [-0.25, -0.2) is 0 Å². The smallest absolute Gasteiger partial charge is 0.309 e. The molecule has 1 amide bonds. The molecule has 0 aliphatic rings. The summed E-state index contributed by atoms with van der Waals surface area (Å²) in [6.45, 7) is 8.08. The van der Waals surface area contributed by atoms with Crippen LogP contribution < -0.4 is 11.1 Å². The number of carbonyl (C=O) groups is 2. The molecule has 0 saturated carbocycles. The minimum atomic E-state index is -0.406. The van der Waals surface area contributed by atoms with Gasteiger partial charge in [0.25, 0.3) is 0 Å². The molecule has 0 fully saturated rings. The second-order valence-corrected chi connectivity index (χ2v) is 4.19. The molecule has 0 radical (unpaired) electrons. The van der Waals surface area contributed by atoms with Crippen LogP contribution in [0.1, 0.15) is 27.7 Å². The molecule has 0 saturated heterocycles. The van der Waals surface area contributed by atoms with Crippen LogP contribution in [0.2, 0.25) is 0 Å². The molecule has 0 aliphatic heterocycles. The van der Waals surface area contributed by atoms with Gasteiger partial charge in [-0.15, -0.1) is 0 Å². The van der Waals surface area contributed by atoms with Crippen LogP contribution in [0.25, 0.3) is 0 Å². The monoisotopic (exact) mass is 230 g/mol. The second kappa shape index (κ2) is 7.22. The van der Waals surface area contributed by atoms with E-state index in [0.717, 1.165) is 0 Å². The average molecular weight is 230 g/mol. The Bertz CT molecular complexity index is 241. The van der Waals surface area contributed by atoms with Crippen LogP contribution in [-0.2, 0) is 14.3 Å². The van der Waals surface area contributed by atoms with Gasteiger partial charge in [-0.05, 0) is 12.8 Å². The molecule has 2 unspecified atom stereocenters. The minimum Gasteiger partial charge on any atom is -0.466 e. The second-order valence-electron chi connectivity index (χ2n) is 4.19. The van der Waals surface area contributed by atoms with Crippen LogP contribution in [0.4, 0.5) is 0 Å². The first-order chi connectivity index (χ1) is 7.40. The maximum atomic E-state index is 11.3. The highest BCUT2D eigenvalue weighted by atomic mass is 16.5. The van der Waals surface area contributed by atoms with Crippen LogP contribution >= 0.6 is 0 Å². The SMILES string of the molecule is CCOC(=O)C(C)CNC(C(N)=O)C(C)C. The van der Waals surface area contributed by atoms with Crippen LogP contribution in [0, 0.1) is 11.8 Å². The number of rotatable bonds is 7. The maximum Gasteiger partial charge on any atom is 0.309 e. The van der Waals surface area contributed by atoms with E-state index < -0.39 is 11.9 Å². The van der Waals surface area contributed by atoms with E-state index in [0.29, 0.717) is 13.2 Å². The number of hydrogen-bond acceptors (Lipinski definition) is 4. The third-order valence-electron chi connectivity index (χ3n) is 2.31. The van der Waals surface area contributed by atoms with Gasteiger partial charge < -0.3 is 15.8 Å². The average Bonchev–Trinajstić information content (AvgIpc) is 2.16. The Kier molecular flexibility index (Phi) is 6.72. The fraction of sp³-hybridized carbons (Fsp3) is 0.818. The van der Waals surface area contributed by atoms with E-state index in [1.807, 2.05) is 13.8 Å². The van der Waals surface area contributed by atoms with E-state index in [-0.39, 0.29) is 17.8 Å². The molecule has 2 atom stereocenters. The summed E-state index contributed by atoms with van der Waals surface area (Å²) in [5, 5.41) is 2.98. The number of esters is 1. The van der Waals surface area contributed by atoms with E-state index in [9.17, 15) is 9.59 Å². The van der Waals surface area contributed by atoms with E-state index in [1.165, 1.54) is 0 Å². The van der Waals surface area contributed by atoms with E-state index in [4.69, 9.17) is 10.5 Å². The van der Waals surface area contributed by atoms with Gasteiger partial charge in [0.05, 0.1) is 18.6 Å². The van der Waals surface area contributed by atoms with Gasteiger partial charge in [0.15, 0.2) is 0 Å². The highest BCUT2D eigenvalue weighted by Crippen LogP contribution is 2.03. The van der Waals surface area contributed by atoms with Crippen molar-refractivity contribution in [1.82, 2.24) is 5.32 Å². The summed E-state index contributed by atoms with van der Waals surface area (Å²) in [5.74, 6) is -0.833. The molecule has 94 valence electrons. The number of nitrogens with two attached hydrogens (primary N) is 1. The Morgan fingerprint density at radius 3 is 2.25 bits per heavy atom. The highest BCUT2D eigenvalue weighted by molar-refractivity contribution is 5.80. The molecule has 0 spiro atoms. The predicted octanol–water partition coefficient (Wildman–Crippen LogP) is 0.285. The Hall–Kier alpha value is -1.10. The lowest BCUT2D eigenvalue weighted by atomic mass is 10.0. The van der Waals surface area contributed by atoms with Gasteiger partial charge in [-0.1, -0.05) is 20.8 Å². The van der Waals surface area contributed by atoms with Crippen LogP contribution in [-0.4, -0.2) is 31.1 Å². The Balaban J connectivity index is 4.10. The van der Waals surface area contributed by atoms with Crippen molar-refractivity contribution in [2.24, 2.45) is 17.6 Å². The lowest BCUT2D eigenvalue weighted by molar-refractivity contribution is -0.147. The lowest BCUT2D eigenvalue weighted by Crippen LogP contribution is -2.47. The first-order valence-corrected chi connectivity index (χ1v) is 5.59. The zero-order chi connectivity index (χ0) is 12.7. The van der Waals surface area contributed by atoms with Gasteiger partial charge in [0, 0.05) is 6.54 Å². The minimum absolute atomic E-state index is 0.104. The Labute approximate surface area is 96.7 Å². The van der Waals surface area contributed by atoms with E-state index >= 15 is 0 Å². The molecule has 0 heterocycles. The quantitative estimate of drug-likeness (QED) is 0.616. The van der Waals surface area contributed by atoms with Gasteiger partial charge in [-0.2, -0.15) is 0 Å². The zero-order valence-electron chi connectivity index (χ0n) is 10.4. The topological polar surface area (TPSA) is 81.4 Å². The van der Waals surface area contributed by atoms with Crippen molar-refractivity contribution >= 4 is 11.9 Å². The molecular formula is C11H22N2O3. The lowest BCUT2D eigenvalue weighted by Gasteiger charge is -2.20. The van der Waals surface area contributed by atoms with Crippen molar-refractivity contribution in [1.29, 1.82) is 0 Å². The molecule has 0 aromatic heterocycles. The van der Waals surface area contributed by atoms with Crippen LogP contribution in [0.5, 0.6) is 0 Å². The Morgan fingerprint density at radius 1 is 1.31 bits per heavy atom. The van der Waals surface area contributed by atoms with Gasteiger partial charge in [0.2, 0.25) is 5.91 Å². The summed E-state index contributed by atoms with van der Waals surface area (Å²) < 4.78 is 4.86. The fourth-order valence-electron chi connectivity index (χ4n) is 1.34. The van der Waals surface area contributed by atoms with E-state index in [1.54, 1.807) is 13.8 Å². The highest BCUT2D eigenvalue weighted by Gasteiger charge is 2.21. The predicted molar refractivity (Wildman–Crippen MR) is 61.6 cm³/mol. The molecule has 0 rings (SSSR count). The standard InChI is InChI=1S/C11H22N2O3/c1-5-16-11(15)8(4)6-13-9(7(2)3)10(12)14/h7-9,13H,5-6H2,1-4H3,(H2,12,14). The summed E-state index contributed by atoms with van der Waals surface area (Å²) in [6, 6.07) is -0.406. The molecule has 3 N–H and O–H groups in total. The molecule has 5 nitrogen and oxygen atoms in total. The number of hydrogen-bond donors (Lipinski definition) is 2. The van der Waals surface area contributed by atoms with Gasteiger partial charge in [-0.3, -0.25) is 9.59 Å².